The molecule has 1 unspecified atom stereocenters. The van der Waals surface area contributed by atoms with Crippen molar-refractivity contribution in [1.82, 2.24) is 19.6 Å². The molecular weight excluding hydrogens is 408 g/mol. The molecular formula is C27H34N6. The van der Waals surface area contributed by atoms with Crippen LogP contribution >= 0.6 is 0 Å². The van der Waals surface area contributed by atoms with Crippen LogP contribution in [0.25, 0.3) is 11.2 Å². The zero-order chi connectivity index (χ0) is 22.5. The number of piperidine rings is 1. The van der Waals surface area contributed by atoms with E-state index in [0.717, 1.165) is 49.9 Å². The molecule has 2 atom stereocenters. The van der Waals surface area contributed by atoms with Gasteiger partial charge in [0.2, 0.25) is 11.9 Å². The largest absolute Gasteiger partial charge is 0.351 e. The normalized spacial score (nSPS) is 22.7. The molecule has 2 aliphatic carbocycles. The number of allylic oxidation sites excluding steroid dienone is 1. The van der Waals surface area contributed by atoms with Crippen LogP contribution in [0.2, 0.25) is 0 Å². The minimum absolute atomic E-state index is 0.348. The van der Waals surface area contributed by atoms with Gasteiger partial charge in [0, 0.05) is 30.6 Å². The molecule has 1 aliphatic heterocycles. The molecule has 1 saturated heterocycles. The molecule has 6 heteroatoms. The Balaban J connectivity index is 1.34. The lowest BCUT2D eigenvalue weighted by Crippen LogP contribution is -2.32. The van der Waals surface area contributed by atoms with E-state index in [1.165, 1.54) is 36.0 Å². The maximum Gasteiger partial charge on any atom is 0.230 e. The number of aromatic nitrogens is 4. The smallest absolute Gasteiger partial charge is 0.230 e. The number of fused-ring (bicyclic) bond motifs is 3. The van der Waals surface area contributed by atoms with Crippen LogP contribution in [-0.2, 0) is 0 Å². The molecule has 1 aromatic carbocycles. The van der Waals surface area contributed by atoms with Crippen molar-refractivity contribution in [2.45, 2.75) is 77.2 Å². The highest BCUT2D eigenvalue weighted by Crippen LogP contribution is 2.48. The molecule has 0 amide bonds. The SMILES string of the molecule is CC(C)c1cnn2c(N[C@@H]3CCC4=C(C3)c3ccccc3C4C)nc(N3CCCCC3)nc12. The lowest BCUT2D eigenvalue weighted by molar-refractivity contribution is 0.566. The first kappa shape index (κ1) is 20.7. The molecule has 0 saturated carbocycles. The topological polar surface area (TPSA) is 58.4 Å². The molecule has 2 aromatic heterocycles. The lowest BCUT2D eigenvalue weighted by atomic mass is 9.86. The summed E-state index contributed by atoms with van der Waals surface area (Å²) < 4.78 is 1.93. The van der Waals surface area contributed by atoms with Crippen molar-refractivity contribution in [3.8, 4) is 0 Å². The average Bonchev–Trinajstić information content (AvgIpc) is 3.40. The molecule has 1 N–H and O–H groups in total. The van der Waals surface area contributed by atoms with Crippen LogP contribution < -0.4 is 10.2 Å². The van der Waals surface area contributed by atoms with Crippen LogP contribution in [0.5, 0.6) is 0 Å². The zero-order valence-electron chi connectivity index (χ0n) is 20.0. The summed E-state index contributed by atoms with van der Waals surface area (Å²) in [5.74, 6) is 2.61. The quantitative estimate of drug-likeness (QED) is 0.556. The van der Waals surface area contributed by atoms with Gasteiger partial charge in [-0.25, -0.2) is 0 Å². The highest BCUT2D eigenvalue weighted by Gasteiger charge is 2.33. The van der Waals surface area contributed by atoms with Crippen molar-refractivity contribution in [1.29, 1.82) is 0 Å². The first-order valence-corrected chi connectivity index (χ1v) is 12.7. The molecule has 6 nitrogen and oxygen atoms in total. The third-order valence-corrected chi connectivity index (χ3v) is 7.85. The van der Waals surface area contributed by atoms with Crippen molar-refractivity contribution in [3.63, 3.8) is 0 Å². The molecule has 0 radical (unpaired) electrons. The maximum absolute atomic E-state index is 5.02. The summed E-state index contributed by atoms with van der Waals surface area (Å²) in [7, 11) is 0. The Morgan fingerprint density at radius 3 is 2.70 bits per heavy atom. The number of hydrogen-bond donors (Lipinski definition) is 1. The van der Waals surface area contributed by atoms with Crippen LogP contribution in [0, 0.1) is 0 Å². The van der Waals surface area contributed by atoms with E-state index in [9.17, 15) is 0 Å². The Labute approximate surface area is 196 Å². The van der Waals surface area contributed by atoms with E-state index in [-0.39, 0.29) is 0 Å². The van der Waals surface area contributed by atoms with Crippen molar-refractivity contribution in [3.05, 3.63) is 52.7 Å². The molecule has 3 heterocycles. The molecule has 172 valence electrons. The van der Waals surface area contributed by atoms with Gasteiger partial charge in [-0.2, -0.15) is 19.6 Å². The molecule has 0 bridgehead atoms. The minimum Gasteiger partial charge on any atom is -0.351 e. The van der Waals surface area contributed by atoms with E-state index in [2.05, 4.69) is 55.3 Å². The van der Waals surface area contributed by atoms with E-state index in [0.29, 0.717) is 17.9 Å². The summed E-state index contributed by atoms with van der Waals surface area (Å²) >= 11 is 0. The van der Waals surface area contributed by atoms with Crippen LogP contribution in [0.1, 0.15) is 87.8 Å². The first-order valence-electron chi connectivity index (χ1n) is 12.7. The fourth-order valence-electron chi connectivity index (χ4n) is 5.98. The van der Waals surface area contributed by atoms with Crippen molar-refractivity contribution >= 4 is 23.1 Å². The second-order valence-corrected chi connectivity index (χ2v) is 10.3. The summed E-state index contributed by atoms with van der Waals surface area (Å²) in [6.07, 6.45) is 9.00. The standard InChI is InChI=1S/C27H34N6/c1-17(2)24-16-28-33-25(24)30-26(32-13-7-4-8-14-32)31-27(33)29-19-11-12-21-18(3)20-9-5-6-10-22(20)23(21)15-19/h5-6,9-10,16-19H,4,7-8,11-15H2,1-3H3,(H,29,30,31)/t18?,19-/m1/s1. The predicted octanol–water partition coefficient (Wildman–Crippen LogP) is 5.77. The Hall–Kier alpha value is -2.89. The van der Waals surface area contributed by atoms with Gasteiger partial charge >= 0.3 is 0 Å². The van der Waals surface area contributed by atoms with Crippen molar-refractivity contribution < 1.29 is 0 Å². The summed E-state index contributed by atoms with van der Waals surface area (Å²) in [5.41, 5.74) is 8.26. The molecule has 1 fully saturated rings. The van der Waals surface area contributed by atoms with Crippen LogP contribution in [0.4, 0.5) is 11.9 Å². The minimum atomic E-state index is 0.348. The second kappa shape index (κ2) is 8.15. The summed E-state index contributed by atoms with van der Waals surface area (Å²) in [5, 5.41) is 8.51. The van der Waals surface area contributed by atoms with Gasteiger partial charge in [0.25, 0.3) is 0 Å². The van der Waals surface area contributed by atoms with E-state index in [1.54, 1.807) is 11.1 Å². The zero-order valence-corrected chi connectivity index (χ0v) is 20.0. The van der Waals surface area contributed by atoms with Crippen molar-refractivity contribution in [2.75, 3.05) is 23.3 Å². The van der Waals surface area contributed by atoms with Gasteiger partial charge in [0.1, 0.15) is 0 Å². The number of anilines is 2. The van der Waals surface area contributed by atoms with Gasteiger partial charge in [0.15, 0.2) is 5.65 Å². The number of hydrogen-bond acceptors (Lipinski definition) is 5. The van der Waals surface area contributed by atoms with E-state index in [1.807, 2.05) is 10.7 Å². The van der Waals surface area contributed by atoms with Gasteiger partial charge in [-0.15, -0.1) is 0 Å². The van der Waals surface area contributed by atoms with Gasteiger partial charge in [-0.3, -0.25) is 0 Å². The highest BCUT2D eigenvalue weighted by molar-refractivity contribution is 5.79. The maximum atomic E-state index is 5.02. The van der Waals surface area contributed by atoms with Crippen LogP contribution in [0.15, 0.2) is 36.0 Å². The summed E-state index contributed by atoms with van der Waals surface area (Å²) in [6, 6.07) is 9.30. The first-order chi connectivity index (χ1) is 16.1. The van der Waals surface area contributed by atoms with Gasteiger partial charge < -0.3 is 10.2 Å². The Kier molecular flexibility index (Phi) is 5.11. The molecule has 3 aromatic rings. The van der Waals surface area contributed by atoms with Gasteiger partial charge in [-0.1, -0.05) is 50.6 Å². The number of nitrogens with one attached hydrogen (secondary N) is 1. The number of benzene rings is 1. The molecule has 33 heavy (non-hydrogen) atoms. The fraction of sp³-hybridized carbons (Fsp3) is 0.519. The highest BCUT2D eigenvalue weighted by atomic mass is 15.4. The Morgan fingerprint density at radius 1 is 1.06 bits per heavy atom. The number of rotatable bonds is 4. The average molecular weight is 443 g/mol. The van der Waals surface area contributed by atoms with Gasteiger partial charge in [-0.05, 0) is 61.1 Å². The molecule has 0 spiro atoms. The van der Waals surface area contributed by atoms with Crippen LogP contribution in [0.3, 0.4) is 0 Å². The Morgan fingerprint density at radius 2 is 1.88 bits per heavy atom. The van der Waals surface area contributed by atoms with Gasteiger partial charge in [0.05, 0.1) is 6.20 Å². The molecule has 6 rings (SSSR count). The third-order valence-electron chi connectivity index (χ3n) is 7.85. The monoisotopic (exact) mass is 442 g/mol. The summed E-state index contributed by atoms with van der Waals surface area (Å²) in [6.45, 7) is 8.86. The van der Waals surface area contributed by atoms with E-state index < -0.39 is 0 Å². The van der Waals surface area contributed by atoms with E-state index in [4.69, 9.17) is 15.1 Å². The van der Waals surface area contributed by atoms with Crippen molar-refractivity contribution in [2.24, 2.45) is 0 Å². The van der Waals surface area contributed by atoms with Crippen LogP contribution in [-0.4, -0.2) is 38.7 Å². The third kappa shape index (κ3) is 3.51. The lowest BCUT2D eigenvalue weighted by Gasteiger charge is -2.29. The second-order valence-electron chi connectivity index (χ2n) is 10.3. The van der Waals surface area contributed by atoms with E-state index >= 15 is 0 Å². The predicted molar refractivity (Wildman–Crippen MR) is 134 cm³/mol. The summed E-state index contributed by atoms with van der Waals surface area (Å²) in [4.78, 5) is 12.4. The molecule has 3 aliphatic rings. The number of nitrogens with zero attached hydrogens (tertiary/aromatic N) is 5. The fourth-order valence-corrected chi connectivity index (χ4v) is 5.98. The Bertz CT molecular complexity index is 1220.